The maximum absolute atomic E-state index is 5.71. The van der Waals surface area contributed by atoms with E-state index in [1.54, 1.807) is 0 Å². The second kappa shape index (κ2) is 6.16. The molecule has 1 heterocycles. The molecule has 0 aromatic carbocycles. The van der Waals surface area contributed by atoms with E-state index in [0.29, 0.717) is 12.6 Å². The van der Waals surface area contributed by atoms with E-state index in [9.17, 15) is 0 Å². The summed E-state index contributed by atoms with van der Waals surface area (Å²) in [4.78, 5) is 6.61. The van der Waals surface area contributed by atoms with Gasteiger partial charge in [0, 0.05) is 30.9 Å². The summed E-state index contributed by atoms with van der Waals surface area (Å²) in [5.41, 5.74) is 1.21. The van der Waals surface area contributed by atoms with Gasteiger partial charge in [0.25, 0.3) is 0 Å². The largest absolute Gasteiger partial charge is 0.476 e. The Morgan fingerprint density at radius 3 is 3.00 bits per heavy atom. The Kier molecular flexibility index (Phi) is 4.55. The van der Waals surface area contributed by atoms with Gasteiger partial charge >= 0.3 is 0 Å². The van der Waals surface area contributed by atoms with E-state index in [4.69, 9.17) is 4.74 Å². The summed E-state index contributed by atoms with van der Waals surface area (Å²) in [6, 6.07) is 5.14. The van der Waals surface area contributed by atoms with Crippen molar-refractivity contribution in [1.29, 1.82) is 0 Å². The molecular formula is C14H23N3O. The molecule has 1 aromatic rings. The Bertz CT molecular complexity index is 379. The Morgan fingerprint density at radius 1 is 1.56 bits per heavy atom. The minimum atomic E-state index is 0.324. The van der Waals surface area contributed by atoms with Gasteiger partial charge in [-0.25, -0.2) is 4.98 Å². The van der Waals surface area contributed by atoms with Crippen LogP contribution in [0.15, 0.2) is 18.3 Å². The molecule has 18 heavy (non-hydrogen) atoms. The van der Waals surface area contributed by atoms with Crippen LogP contribution in [0.5, 0.6) is 5.88 Å². The van der Waals surface area contributed by atoms with E-state index in [1.807, 2.05) is 25.4 Å². The normalized spacial score (nSPS) is 16.9. The van der Waals surface area contributed by atoms with Crippen molar-refractivity contribution >= 4 is 0 Å². The van der Waals surface area contributed by atoms with Crippen LogP contribution in [-0.4, -0.2) is 43.2 Å². The number of hydrogen-bond acceptors (Lipinski definition) is 4. The second-order valence-electron chi connectivity index (χ2n) is 5.00. The van der Waals surface area contributed by atoms with E-state index in [1.165, 1.54) is 18.4 Å². The zero-order chi connectivity index (χ0) is 13.0. The highest BCUT2D eigenvalue weighted by Crippen LogP contribution is 2.24. The Labute approximate surface area is 109 Å². The van der Waals surface area contributed by atoms with Crippen molar-refractivity contribution in [2.24, 2.45) is 0 Å². The minimum absolute atomic E-state index is 0.324. The first kappa shape index (κ1) is 13.3. The molecule has 0 saturated heterocycles. The molecule has 1 unspecified atom stereocenters. The molecular weight excluding hydrogens is 226 g/mol. The van der Waals surface area contributed by atoms with Crippen molar-refractivity contribution in [3.8, 4) is 5.88 Å². The number of aromatic nitrogens is 1. The fourth-order valence-electron chi connectivity index (χ4n) is 1.93. The summed E-state index contributed by atoms with van der Waals surface area (Å²) < 4.78 is 5.71. The number of pyridine rings is 1. The lowest BCUT2D eigenvalue weighted by atomic mass is 10.1. The van der Waals surface area contributed by atoms with Crippen molar-refractivity contribution < 1.29 is 4.74 Å². The number of nitrogens with zero attached hydrogens (tertiary/aromatic N) is 2. The molecule has 100 valence electrons. The van der Waals surface area contributed by atoms with Gasteiger partial charge < -0.3 is 15.0 Å². The average Bonchev–Trinajstić information content (AvgIpc) is 3.22. The molecule has 0 aliphatic heterocycles. The summed E-state index contributed by atoms with van der Waals surface area (Å²) in [7, 11) is 4.12. The molecule has 1 aromatic heterocycles. The van der Waals surface area contributed by atoms with Gasteiger partial charge in [-0.3, -0.25) is 0 Å². The third kappa shape index (κ3) is 3.68. The first-order valence-corrected chi connectivity index (χ1v) is 6.67. The van der Waals surface area contributed by atoms with Gasteiger partial charge in [-0.05, 0) is 45.5 Å². The lowest BCUT2D eigenvalue weighted by molar-refractivity contribution is 0.226. The SMILES string of the molecule is CNC(C)c1ccnc(OCCN(C)C2CC2)c1. The topological polar surface area (TPSA) is 37.4 Å². The average molecular weight is 249 g/mol. The van der Waals surface area contributed by atoms with E-state index in [-0.39, 0.29) is 0 Å². The highest BCUT2D eigenvalue weighted by atomic mass is 16.5. The number of ether oxygens (including phenoxy) is 1. The van der Waals surface area contributed by atoms with Crippen LogP contribution in [0.25, 0.3) is 0 Å². The van der Waals surface area contributed by atoms with Crippen molar-refractivity contribution in [2.45, 2.75) is 31.8 Å². The molecule has 4 nitrogen and oxygen atoms in total. The van der Waals surface area contributed by atoms with Crippen molar-refractivity contribution in [2.75, 3.05) is 27.2 Å². The molecule has 0 radical (unpaired) electrons. The molecule has 0 amide bonds. The van der Waals surface area contributed by atoms with Crippen LogP contribution in [0, 0.1) is 0 Å². The van der Waals surface area contributed by atoms with Gasteiger partial charge in [0.2, 0.25) is 5.88 Å². The predicted octanol–water partition coefficient (Wildman–Crippen LogP) is 1.83. The van der Waals surface area contributed by atoms with Gasteiger partial charge in [-0.1, -0.05) is 0 Å². The van der Waals surface area contributed by atoms with Crippen molar-refractivity contribution in [3.63, 3.8) is 0 Å². The maximum atomic E-state index is 5.71. The highest BCUT2D eigenvalue weighted by molar-refractivity contribution is 5.23. The van der Waals surface area contributed by atoms with Gasteiger partial charge in [0.15, 0.2) is 0 Å². The molecule has 0 bridgehead atoms. The van der Waals surface area contributed by atoms with Crippen molar-refractivity contribution in [3.05, 3.63) is 23.9 Å². The molecule has 0 spiro atoms. The molecule has 4 heteroatoms. The lowest BCUT2D eigenvalue weighted by Gasteiger charge is -2.16. The Balaban J connectivity index is 1.81. The smallest absolute Gasteiger partial charge is 0.213 e. The van der Waals surface area contributed by atoms with Crippen LogP contribution in [0.4, 0.5) is 0 Å². The molecule has 1 atom stereocenters. The fraction of sp³-hybridized carbons (Fsp3) is 0.643. The predicted molar refractivity (Wildman–Crippen MR) is 72.9 cm³/mol. The third-order valence-electron chi connectivity index (χ3n) is 3.56. The van der Waals surface area contributed by atoms with Crippen LogP contribution in [-0.2, 0) is 0 Å². The van der Waals surface area contributed by atoms with E-state index < -0.39 is 0 Å². The standard InChI is InChI=1S/C14H23N3O/c1-11(15-2)12-6-7-16-14(10-12)18-9-8-17(3)13-4-5-13/h6-7,10-11,13,15H,4-5,8-9H2,1-3H3. The molecule has 1 saturated carbocycles. The van der Waals surface area contributed by atoms with Crippen LogP contribution in [0.2, 0.25) is 0 Å². The van der Waals surface area contributed by atoms with Gasteiger partial charge in [-0.15, -0.1) is 0 Å². The number of likely N-dealkylation sites (N-methyl/N-ethyl adjacent to an activating group) is 1. The first-order valence-electron chi connectivity index (χ1n) is 6.67. The zero-order valence-corrected chi connectivity index (χ0v) is 11.5. The molecule has 1 N–H and O–H groups in total. The first-order chi connectivity index (χ1) is 8.70. The van der Waals surface area contributed by atoms with E-state index >= 15 is 0 Å². The van der Waals surface area contributed by atoms with Gasteiger partial charge in [-0.2, -0.15) is 0 Å². The minimum Gasteiger partial charge on any atom is -0.476 e. The lowest BCUT2D eigenvalue weighted by Crippen LogP contribution is -2.26. The molecule has 2 rings (SSSR count). The summed E-state index contributed by atoms with van der Waals surface area (Å²) in [6.07, 6.45) is 4.48. The van der Waals surface area contributed by atoms with Gasteiger partial charge in [0.05, 0.1) is 0 Å². The fourth-order valence-corrected chi connectivity index (χ4v) is 1.93. The number of hydrogen-bond donors (Lipinski definition) is 1. The second-order valence-corrected chi connectivity index (χ2v) is 5.00. The van der Waals surface area contributed by atoms with Crippen LogP contribution >= 0.6 is 0 Å². The molecule has 1 fully saturated rings. The van der Waals surface area contributed by atoms with Crippen molar-refractivity contribution in [1.82, 2.24) is 15.2 Å². The summed E-state index contributed by atoms with van der Waals surface area (Å²) in [5, 5.41) is 3.21. The quantitative estimate of drug-likeness (QED) is 0.800. The summed E-state index contributed by atoms with van der Waals surface area (Å²) in [5.74, 6) is 0.721. The highest BCUT2D eigenvalue weighted by Gasteiger charge is 2.25. The zero-order valence-electron chi connectivity index (χ0n) is 11.5. The monoisotopic (exact) mass is 249 g/mol. The maximum Gasteiger partial charge on any atom is 0.213 e. The number of nitrogens with one attached hydrogen (secondary N) is 1. The van der Waals surface area contributed by atoms with Crippen LogP contribution < -0.4 is 10.1 Å². The van der Waals surface area contributed by atoms with E-state index in [0.717, 1.165) is 18.5 Å². The molecule has 1 aliphatic carbocycles. The number of rotatable bonds is 7. The Hall–Kier alpha value is -1.13. The van der Waals surface area contributed by atoms with Gasteiger partial charge in [0.1, 0.15) is 6.61 Å². The van der Waals surface area contributed by atoms with Crippen LogP contribution in [0.3, 0.4) is 0 Å². The Morgan fingerprint density at radius 2 is 2.33 bits per heavy atom. The van der Waals surface area contributed by atoms with Crippen LogP contribution in [0.1, 0.15) is 31.4 Å². The summed E-state index contributed by atoms with van der Waals surface area (Å²) in [6.45, 7) is 3.80. The summed E-state index contributed by atoms with van der Waals surface area (Å²) >= 11 is 0. The third-order valence-corrected chi connectivity index (χ3v) is 3.56. The molecule has 1 aliphatic rings. The van der Waals surface area contributed by atoms with E-state index in [2.05, 4.69) is 29.2 Å².